The van der Waals surface area contributed by atoms with Gasteiger partial charge in [0.25, 0.3) is 5.91 Å². The molecule has 5 rings (SSSR count). The lowest BCUT2D eigenvalue weighted by molar-refractivity contribution is 0.0977. The Bertz CT molecular complexity index is 1750. The molecule has 1 aromatic heterocycles. The molecule has 0 spiro atoms. The van der Waals surface area contributed by atoms with E-state index >= 15 is 0 Å². The first-order valence-electron chi connectivity index (χ1n) is 13.0. The van der Waals surface area contributed by atoms with Crippen LogP contribution in [-0.4, -0.2) is 30.2 Å². The van der Waals surface area contributed by atoms with E-state index in [1.54, 1.807) is 49.6 Å². The topological polar surface area (TPSA) is 94.9 Å². The molecule has 2 N–H and O–H groups in total. The Morgan fingerprint density at radius 1 is 0.905 bits per heavy atom. The van der Waals surface area contributed by atoms with Gasteiger partial charge >= 0.3 is 0 Å². The molecule has 0 bridgehead atoms. The highest BCUT2D eigenvalue weighted by atomic mass is 35.5. The Hall–Kier alpha value is -4.60. The standard InChI is InChI=1S/C32H28ClN3O5S/c1-18-13-24-28(14-19(18)2)41-31(34-24)22-8-11-26(38-3)25(15-22)35-32(42)36-30(37)21-7-12-27(29(16-21)39-4)40-17-20-5-9-23(33)10-6-20/h5-16H,17H2,1-4H3,(H2,35,36,37,42). The summed E-state index contributed by atoms with van der Waals surface area (Å²) in [5.74, 6) is 1.47. The molecule has 4 aromatic carbocycles. The highest BCUT2D eigenvalue weighted by molar-refractivity contribution is 7.80. The number of methoxy groups -OCH3 is 2. The zero-order valence-corrected chi connectivity index (χ0v) is 25.0. The first-order chi connectivity index (χ1) is 20.2. The number of halogens is 1. The Morgan fingerprint density at radius 2 is 1.62 bits per heavy atom. The van der Waals surface area contributed by atoms with E-state index in [2.05, 4.69) is 15.6 Å². The van der Waals surface area contributed by atoms with E-state index in [-0.39, 0.29) is 5.11 Å². The van der Waals surface area contributed by atoms with Crippen LogP contribution in [0.25, 0.3) is 22.6 Å². The molecule has 0 aliphatic carbocycles. The van der Waals surface area contributed by atoms with Crippen LogP contribution in [0.3, 0.4) is 0 Å². The van der Waals surface area contributed by atoms with Gasteiger partial charge in [0.05, 0.1) is 19.9 Å². The number of oxazole rings is 1. The number of amides is 1. The van der Waals surface area contributed by atoms with Crippen molar-refractivity contribution in [1.29, 1.82) is 0 Å². The first kappa shape index (κ1) is 28.9. The van der Waals surface area contributed by atoms with E-state index in [1.807, 2.05) is 44.2 Å². The third-order valence-corrected chi connectivity index (χ3v) is 7.12. The molecule has 1 heterocycles. The molecule has 10 heteroatoms. The van der Waals surface area contributed by atoms with Crippen molar-refractivity contribution in [3.8, 4) is 28.7 Å². The van der Waals surface area contributed by atoms with E-state index in [4.69, 9.17) is 42.4 Å². The van der Waals surface area contributed by atoms with Crippen molar-refractivity contribution in [2.75, 3.05) is 19.5 Å². The molecule has 0 radical (unpaired) electrons. The second kappa shape index (κ2) is 12.5. The van der Waals surface area contributed by atoms with Gasteiger partial charge in [0.2, 0.25) is 5.89 Å². The maximum Gasteiger partial charge on any atom is 0.257 e. The van der Waals surface area contributed by atoms with Crippen LogP contribution < -0.4 is 24.8 Å². The summed E-state index contributed by atoms with van der Waals surface area (Å²) in [6, 6.07) is 21.7. The first-order valence-corrected chi connectivity index (χ1v) is 13.8. The Kier molecular flexibility index (Phi) is 8.61. The lowest BCUT2D eigenvalue weighted by Gasteiger charge is -2.15. The third-order valence-electron chi connectivity index (χ3n) is 6.66. The minimum absolute atomic E-state index is 0.0845. The van der Waals surface area contributed by atoms with Gasteiger partial charge in [-0.3, -0.25) is 10.1 Å². The number of carbonyl (C=O) groups excluding carboxylic acids is 1. The van der Waals surface area contributed by atoms with Gasteiger partial charge in [0.1, 0.15) is 17.9 Å². The molecule has 1 amide bonds. The minimum atomic E-state index is -0.421. The van der Waals surface area contributed by atoms with Gasteiger partial charge in [-0.15, -0.1) is 0 Å². The Labute approximate surface area is 253 Å². The van der Waals surface area contributed by atoms with Crippen molar-refractivity contribution >= 4 is 51.6 Å². The smallest absolute Gasteiger partial charge is 0.257 e. The van der Waals surface area contributed by atoms with Crippen molar-refractivity contribution in [1.82, 2.24) is 10.3 Å². The van der Waals surface area contributed by atoms with E-state index in [0.29, 0.717) is 51.6 Å². The highest BCUT2D eigenvalue weighted by Gasteiger charge is 2.16. The average molecular weight is 602 g/mol. The number of thiocarbonyl (C=S) groups is 1. The summed E-state index contributed by atoms with van der Waals surface area (Å²) in [6.07, 6.45) is 0. The molecule has 214 valence electrons. The summed E-state index contributed by atoms with van der Waals surface area (Å²) in [4.78, 5) is 17.7. The zero-order chi connectivity index (χ0) is 29.8. The maximum atomic E-state index is 13.0. The molecular weight excluding hydrogens is 574 g/mol. The summed E-state index contributed by atoms with van der Waals surface area (Å²) in [5.41, 5.74) is 6.29. The van der Waals surface area contributed by atoms with Crippen molar-refractivity contribution in [2.24, 2.45) is 0 Å². The normalized spacial score (nSPS) is 10.8. The van der Waals surface area contributed by atoms with Crippen molar-refractivity contribution in [3.63, 3.8) is 0 Å². The number of hydrogen-bond acceptors (Lipinski definition) is 7. The fraction of sp³-hybridized carbons (Fsp3) is 0.156. The van der Waals surface area contributed by atoms with Crippen molar-refractivity contribution < 1.29 is 23.4 Å². The third kappa shape index (κ3) is 6.48. The van der Waals surface area contributed by atoms with Crippen LogP contribution in [0.1, 0.15) is 27.0 Å². The quantitative estimate of drug-likeness (QED) is 0.177. The van der Waals surface area contributed by atoms with Crippen molar-refractivity contribution in [2.45, 2.75) is 20.5 Å². The number of anilines is 1. The van der Waals surface area contributed by atoms with Gasteiger partial charge in [0.15, 0.2) is 22.2 Å². The van der Waals surface area contributed by atoms with Gasteiger partial charge < -0.3 is 23.9 Å². The fourth-order valence-electron chi connectivity index (χ4n) is 4.24. The van der Waals surface area contributed by atoms with Gasteiger partial charge in [0, 0.05) is 16.1 Å². The number of carbonyl (C=O) groups is 1. The number of hydrogen-bond donors (Lipinski definition) is 2. The number of rotatable bonds is 8. The Balaban J connectivity index is 1.28. The molecule has 0 fully saturated rings. The molecular formula is C32H28ClN3O5S. The van der Waals surface area contributed by atoms with Crippen LogP contribution in [0.15, 0.2) is 77.2 Å². The maximum absolute atomic E-state index is 13.0. The second-order valence-corrected chi connectivity index (χ2v) is 10.4. The van der Waals surface area contributed by atoms with Gasteiger partial charge in [-0.25, -0.2) is 4.98 Å². The summed E-state index contributed by atoms with van der Waals surface area (Å²) in [5, 5.41) is 6.48. The number of aromatic nitrogens is 1. The summed E-state index contributed by atoms with van der Waals surface area (Å²) in [6.45, 7) is 4.38. The van der Waals surface area contributed by atoms with Gasteiger partial charge in [-0.2, -0.15) is 0 Å². The van der Waals surface area contributed by atoms with Crippen LogP contribution in [0, 0.1) is 13.8 Å². The summed E-state index contributed by atoms with van der Waals surface area (Å²) in [7, 11) is 3.06. The number of fused-ring (bicyclic) bond motifs is 1. The lowest BCUT2D eigenvalue weighted by Crippen LogP contribution is -2.34. The molecule has 0 aliphatic heterocycles. The van der Waals surface area contributed by atoms with Crippen LogP contribution in [0.4, 0.5) is 5.69 Å². The molecule has 0 saturated carbocycles. The number of aryl methyl sites for hydroxylation is 2. The summed E-state index contributed by atoms with van der Waals surface area (Å²) < 4.78 is 22.9. The monoisotopic (exact) mass is 601 g/mol. The van der Waals surface area contributed by atoms with Crippen LogP contribution >= 0.6 is 23.8 Å². The van der Waals surface area contributed by atoms with Crippen LogP contribution in [0.5, 0.6) is 17.2 Å². The lowest BCUT2D eigenvalue weighted by atomic mass is 10.1. The minimum Gasteiger partial charge on any atom is -0.495 e. The number of ether oxygens (including phenoxy) is 3. The van der Waals surface area contributed by atoms with E-state index in [9.17, 15) is 4.79 Å². The number of nitrogens with one attached hydrogen (secondary N) is 2. The van der Waals surface area contributed by atoms with Gasteiger partial charge in [-0.1, -0.05) is 23.7 Å². The fourth-order valence-corrected chi connectivity index (χ4v) is 4.57. The van der Waals surface area contributed by atoms with E-state index in [0.717, 1.165) is 27.8 Å². The number of benzene rings is 4. The molecule has 0 unspecified atom stereocenters. The van der Waals surface area contributed by atoms with Crippen LogP contribution in [-0.2, 0) is 6.61 Å². The predicted octanol–water partition coefficient (Wildman–Crippen LogP) is 7.49. The second-order valence-electron chi connectivity index (χ2n) is 9.53. The highest BCUT2D eigenvalue weighted by Crippen LogP contribution is 2.33. The average Bonchev–Trinajstić information content (AvgIpc) is 3.39. The molecule has 0 atom stereocenters. The van der Waals surface area contributed by atoms with Crippen LogP contribution in [0.2, 0.25) is 5.02 Å². The molecule has 0 saturated heterocycles. The predicted molar refractivity (Wildman–Crippen MR) is 168 cm³/mol. The van der Waals surface area contributed by atoms with Gasteiger partial charge in [-0.05, 0) is 103 Å². The summed E-state index contributed by atoms with van der Waals surface area (Å²) >= 11 is 11.4. The Morgan fingerprint density at radius 3 is 2.36 bits per heavy atom. The molecule has 5 aromatic rings. The molecule has 0 aliphatic rings. The van der Waals surface area contributed by atoms with E-state index in [1.165, 1.54) is 7.11 Å². The zero-order valence-electron chi connectivity index (χ0n) is 23.4. The molecule has 42 heavy (non-hydrogen) atoms. The largest absolute Gasteiger partial charge is 0.495 e. The van der Waals surface area contributed by atoms with E-state index < -0.39 is 5.91 Å². The van der Waals surface area contributed by atoms with Crippen molar-refractivity contribution in [3.05, 3.63) is 100 Å². The SMILES string of the molecule is COc1ccc(-c2nc3cc(C)c(C)cc3o2)cc1NC(=S)NC(=O)c1ccc(OCc2ccc(Cl)cc2)c(OC)c1. The number of nitrogens with zero attached hydrogens (tertiary/aromatic N) is 1. The molecule has 8 nitrogen and oxygen atoms in total.